The van der Waals surface area contributed by atoms with E-state index in [-0.39, 0.29) is 6.61 Å². The van der Waals surface area contributed by atoms with Crippen LogP contribution in [-0.2, 0) is 6.61 Å². The van der Waals surface area contributed by atoms with E-state index >= 15 is 0 Å². The molecular formula is C10H15N3OS. The van der Waals surface area contributed by atoms with Gasteiger partial charge in [-0.3, -0.25) is 4.98 Å². The highest BCUT2D eigenvalue weighted by Crippen LogP contribution is 2.24. The third-order valence-electron chi connectivity index (χ3n) is 2.67. The van der Waals surface area contributed by atoms with Crippen molar-refractivity contribution in [3.63, 3.8) is 0 Å². The summed E-state index contributed by atoms with van der Waals surface area (Å²) in [6.07, 6.45) is 4.58. The molecule has 1 aromatic heterocycles. The summed E-state index contributed by atoms with van der Waals surface area (Å²) in [6.45, 7) is -0.0454. The van der Waals surface area contributed by atoms with Gasteiger partial charge in [0, 0.05) is 18.8 Å². The first-order valence-electron chi connectivity index (χ1n) is 5.03. The maximum Gasteiger partial charge on any atom is 0.147 e. The van der Waals surface area contributed by atoms with Crippen molar-refractivity contribution >= 4 is 17.6 Å². The van der Waals surface area contributed by atoms with Crippen LogP contribution < -0.4 is 4.90 Å². The van der Waals surface area contributed by atoms with Crippen LogP contribution >= 0.6 is 11.8 Å². The molecule has 0 bridgehead atoms. The average molecular weight is 225 g/mol. The second-order valence-corrected chi connectivity index (χ2v) is 4.80. The minimum Gasteiger partial charge on any atom is -0.390 e. The molecule has 4 nitrogen and oxygen atoms in total. The highest BCUT2D eigenvalue weighted by Gasteiger charge is 2.21. The largest absolute Gasteiger partial charge is 0.390 e. The van der Waals surface area contributed by atoms with Gasteiger partial charge in [0.25, 0.3) is 0 Å². The third-order valence-corrected chi connectivity index (χ3v) is 3.81. The molecule has 1 unspecified atom stereocenters. The molecule has 1 aliphatic rings. The van der Waals surface area contributed by atoms with Gasteiger partial charge < -0.3 is 10.0 Å². The van der Waals surface area contributed by atoms with E-state index in [0.717, 1.165) is 5.82 Å². The Kier molecular flexibility index (Phi) is 3.43. The third kappa shape index (κ3) is 2.41. The number of aliphatic hydroxyl groups excluding tert-OH is 1. The Hall–Kier alpha value is -0.810. The monoisotopic (exact) mass is 225 g/mol. The highest BCUT2D eigenvalue weighted by molar-refractivity contribution is 7.99. The summed E-state index contributed by atoms with van der Waals surface area (Å²) in [4.78, 5) is 10.6. The predicted molar refractivity (Wildman–Crippen MR) is 62.1 cm³/mol. The minimum absolute atomic E-state index is 0.0454. The molecule has 1 aliphatic heterocycles. The molecular weight excluding hydrogens is 210 g/mol. The molecule has 15 heavy (non-hydrogen) atoms. The number of hydrogen-bond acceptors (Lipinski definition) is 5. The second kappa shape index (κ2) is 4.81. The van der Waals surface area contributed by atoms with E-state index in [1.807, 2.05) is 11.8 Å². The molecule has 1 fully saturated rings. The summed E-state index contributed by atoms with van der Waals surface area (Å²) < 4.78 is 0. The zero-order valence-electron chi connectivity index (χ0n) is 8.76. The average Bonchev–Trinajstić information content (AvgIpc) is 2.82. The van der Waals surface area contributed by atoms with Gasteiger partial charge in [0.1, 0.15) is 5.82 Å². The van der Waals surface area contributed by atoms with Crippen molar-refractivity contribution in [2.24, 2.45) is 0 Å². The lowest BCUT2D eigenvalue weighted by atomic mass is 10.2. The van der Waals surface area contributed by atoms with Crippen LogP contribution in [0.25, 0.3) is 0 Å². The van der Waals surface area contributed by atoms with Crippen molar-refractivity contribution in [3.05, 3.63) is 18.1 Å². The fraction of sp³-hybridized carbons (Fsp3) is 0.600. The van der Waals surface area contributed by atoms with Crippen LogP contribution in [0.4, 0.5) is 5.82 Å². The van der Waals surface area contributed by atoms with Crippen molar-refractivity contribution in [1.82, 2.24) is 9.97 Å². The summed E-state index contributed by atoms with van der Waals surface area (Å²) in [5.74, 6) is 3.29. The number of aliphatic hydroxyl groups is 1. The Bertz CT molecular complexity index is 311. The van der Waals surface area contributed by atoms with Crippen molar-refractivity contribution < 1.29 is 5.11 Å². The van der Waals surface area contributed by atoms with Gasteiger partial charge in [-0.25, -0.2) is 4.98 Å². The summed E-state index contributed by atoms with van der Waals surface area (Å²) in [6, 6.07) is 0.573. The topological polar surface area (TPSA) is 49.2 Å². The Morgan fingerprint density at radius 1 is 1.53 bits per heavy atom. The smallest absolute Gasteiger partial charge is 0.147 e. The summed E-state index contributed by atoms with van der Waals surface area (Å²) >= 11 is 1.98. The highest BCUT2D eigenvalue weighted by atomic mass is 32.2. The number of aromatic nitrogens is 2. The van der Waals surface area contributed by atoms with Crippen LogP contribution in [0, 0.1) is 0 Å². The summed E-state index contributed by atoms with van der Waals surface area (Å²) in [7, 11) is 2.05. The van der Waals surface area contributed by atoms with Crippen LogP contribution in [0.15, 0.2) is 12.4 Å². The van der Waals surface area contributed by atoms with Crippen molar-refractivity contribution in [3.8, 4) is 0 Å². The molecule has 0 saturated carbocycles. The molecule has 2 heterocycles. The number of hydrogen-bond donors (Lipinski definition) is 1. The zero-order chi connectivity index (χ0) is 10.7. The van der Waals surface area contributed by atoms with Gasteiger partial charge in [0.15, 0.2) is 0 Å². The Balaban J connectivity index is 2.07. The summed E-state index contributed by atoms with van der Waals surface area (Å²) in [5, 5.41) is 8.86. The molecule has 5 heteroatoms. The first-order valence-corrected chi connectivity index (χ1v) is 6.19. The van der Waals surface area contributed by atoms with Crippen LogP contribution in [0.2, 0.25) is 0 Å². The molecule has 1 N–H and O–H groups in total. The van der Waals surface area contributed by atoms with Crippen LogP contribution in [-0.4, -0.2) is 39.7 Å². The molecule has 1 atom stereocenters. The molecule has 0 spiro atoms. The van der Waals surface area contributed by atoms with Gasteiger partial charge in [-0.1, -0.05) is 0 Å². The first kappa shape index (κ1) is 10.7. The Morgan fingerprint density at radius 2 is 2.40 bits per heavy atom. The molecule has 1 saturated heterocycles. The van der Waals surface area contributed by atoms with E-state index in [1.54, 1.807) is 12.4 Å². The Labute approximate surface area is 93.7 Å². The van der Waals surface area contributed by atoms with Crippen molar-refractivity contribution in [1.29, 1.82) is 0 Å². The quantitative estimate of drug-likeness (QED) is 0.828. The minimum atomic E-state index is -0.0454. The molecule has 82 valence electrons. The van der Waals surface area contributed by atoms with E-state index in [2.05, 4.69) is 21.9 Å². The molecule has 0 amide bonds. The van der Waals surface area contributed by atoms with Gasteiger partial charge in [-0.05, 0) is 12.2 Å². The van der Waals surface area contributed by atoms with E-state index < -0.39 is 0 Å². The van der Waals surface area contributed by atoms with Crippen molar-refractivity contribution in [2.45, 2.75) is 19.1 Å². The van der Waals surface area contributed by atoms with Crippen LogP contribution in [0.5, 0.6) is 0 Å². The normalized spacial score (nSPS) is 20.5. The predicted octanol–water partition coefficient (Wildman–Crippen LogP) is 0.911. The fourth-order valence-electron chi connectivity index (χ4n) is 1.63. The van der Waals surface area contributed by atoms with E-state index in [4.69, 9.17) is 5.11 Å². The lowest BCUT2D eigenvalue weighted by molar-refractivity contribution is 0.276. The fourth-order valence-corrected chi connectivity index (χ4v) is 2.89. The van der Waals surface area contributed by atoms with Gasteiger partial charge >= 0.3 is 0 Å². The second-order valence-electron chi connectivity index (χ2n) is 3.65. The lowest BCUT2D eigenvalue weighted by Crippen LogP contribution is -2.32. The van der Waals surface area contributed by atoms with Crippen LogP contribution in [0.3, 0.4) is 0 Å². The first-order chi connectivity index (χ1) is 7.31. The van der Waals surface area contributed by atoms with Gasteiger partial charge in [-0.2, -0.15) is 11.8 Å². The number of nitrogens with zero attached hydrogens (tertiary/aromatic N) is 3. The lowest BCUT2D eigenvalue weighted by Gasteiger charge is -2.24. The van der Waals surface area contributed by atoms with E-state index in [9.17, 15) is 0 Å². The van der Waals surface area contributed by atoms with Gasteiger partial charge in [0.2, 0.25) is 0 Å². The zero-order valence-corrected chi connectivity index (χ0v) is 9.57. The number of anilines is 1. The molecule has 0 aliphatic carbocycles. The SMILES string of the molecule is CN(c1cnc(CO)cn1)C1CCSC1. The Morgan fingerprint density at radius 3 is 2.93 bits per heavy atom. The van der Waals surface area contributed by atoms with E-state index in [0.29, 0.717) is 11.7 Å². The molecule has 2 rings (SSSR count). The van der Waals surface area contributed by atoms with Gasteiger partial charge in [0.05, 0.1) is 24.7 Å². The maximum atomic E-state index is 8.86. The van der Waals surface area contributed by atoms with Crippen molar-refractivity contribution in [2.75, 3.05) is 23.5 Å². The number of rotatable bonds is 3. The van der Waals surface area contributed by atoms with E-state index in [1.165, 1.54) is 17.9 Å². The molecule has 1 aromatic rings. The van der Waals surface area contributed by atoms with Crippen LogP contribution in [0.1, 0.15) is 12.1 Å². The number of thioether (sulfide) groups is 1. The standard InChI is InChI=1S/C10H15N3OS/c1-13(9-2-3-15-7-9)10-5-11-8(6-14)4-12-10/h4-5,9,14H,2-3,6-7H2,1H3. The molecule has 0 radical (unpaired) electrons. The summed E-state index contributed by atoms with van der Waals surface area (Å²) in [5.41, 5.74) is 0.618. The molecule has 0 aromatic carbocycles. The maximum absolute atomic E-state index is 8.86. The van der Waals surface area contributed by atoms with Gasteiger partial charge in [-0.15, -0.1) is 0 Å².